The lowest BCUT2D eigenvalue weighted by molar-refractivity contribution is -0.179. The van der Waals surface area contributed by atoms with Gasteiger partial charge in [-0.25, -0.2) is 13.8 Å². The molecular weight excluding hydrogens is 454 g/mol. The van der Waals surface area contributed by atoms with Crippen LogP contribution in [0.25, 0.3) is 0 Å². The van der Waals surface area contributed by atoms with Crippen molar-refractivity contribution in [1.29, 1.82) is 0 Å². The smallest absolute Gasteiger partial charge is 0.493 e. The molecule has 0 aliphatic carbocycles. The molecule has 0 bridgehead atoms. The minimum Gasteiger partial charge on any atom is -0.493 e. The highest BCUT2D eigenvalue weighted by Gasteiger charge is 2.50. The topological polar surface area (TPSA) is 159 Å². The van der Waals surface area contributed by atoms with E-state index in [-0.39, 0.29) is 23.7 Å². The number of para-hydroxylation sites is 1. The van der Waals surface area contributed by atoms with Crippen molar-refractivity contribution in [2.24, 2.45) is 0 Å². The van der Waals surface area contributed by atoms with Crippen molar-refractivity contribution in [3.05, 3.63) is 56.4 Å². The molecule has 0 saturated carbocycles. The van der Waals surface area contributed by atoms with Crippen LogP contribution in [0.3, 0.4) is 0 Å². The SMILES string of the molecule is COc1cccc2c1OP(=O)(OC[C@]1(F)C[C@@H](O)[C@H](n3cc(CO)c(=O)[nH]c3=O)O1)OC2. The lowest BCUT2D eigenvalue weighted by Crippen LogP contribution is -2.37. The predicted molar refractivity (Wildman–Crippen MR) is 104 cm³/mol. The number of rotatable bonds is 6. The third-order valence-electron chi connectivity index (χ3n) is 4.96. The van der Waals surface area contributed by atoms with Crippen molar-refractivity contribution in [2.75, 3.05) is 13.7 Å². The van der Waals surface area contributed by atoms with Crippen molar-refractivity contribution in [3.63, 3.8) is 0 Å². The van der Waals surface area contributed by atoms with E-state index in [0.717, 1.165) is 10.8 Å². The van der Waals surface area contributed by atoms with E-state index in [1.54, 1.807) is 18.2 Å². The molecule has 0 spiro atoms. The summed E-state index contributed by atoms with van der Waals surface area (Å²) in [5.74, 6) is -2.24. The Hall–Kier alpha value is -2.54. The lowest BCUT2D eigenvalue weighted by atomic mass is 10.2. The molecule has 1 fully saturated rings. The Bertz CT molecular complexity index is 1170. The van der Waals surface area contributed by atoms with Gasteiger partial charge in [-0.3, -0.25) is 23.4 Å². The van der Waals surface area contributed by atoms with Crippen molar-refractivity contribution in [2.45, 2.75) is 37.8 Å². The van der Waals surface area contributed by atoms with Crippen molar-refractivity contribution >= 4 is 7.82 Å². The number of halogens is 1. The minimum absolute atomic E-state index is 0.133. The lowest BCUT2D eigenvalue weighted by Gasteiger charge is -2.28. The zero-order valence-electron chi connectivity index (χ0n) is 16.7. The van der Waals surface area contributed by atoms with Crippen LogP contribution in [0.15, 0.2) is 34.0 Å². The van der Waals surface area contributed by atoms with Gasteiger partial charge in [-0.2, -0.15) is 0 Å². The fourth-order valence-corrected chi connectivity index (χ4v) is 4.64. The predicted octanol–water partition coefficient (Wildman–Crippen LogP) is 0.717. The summed E-state index contributed by atoms with van der Waals surface area (Å²) in [6.07, 6.45) is -2.74. The first-order chi connectivity index (χ1) is 15.2. The zero-order chi connectivity index (χ0) is 23.1. The fraction of sp³-hybridized carbons (Fsp3) is 0.444. The number of H-pyrrole nitrogens is 1. The molecular formula is C18H20FN2O10P. The Labute approximate surface area is 179 Å². The second-order valence-electron chi connectivity index (χ2n) is 7.18. The van der Waals surface area contributed by atoms with Crippen LogP contribution in [0.5, 0.6) is 11.5 Å². The van der Waals surface area contributed by atoms with Gasteiger partial charge in [0, 0.05) is 18.2 Å². The van der Waals surface area contributed by atoms with Crippen LogP contribution >= 0.6 is 7.82 Å². The standard InChI is InChI=1S/C18H20FN2O10P/c1-27-13-4-2-3-10-8-28-32(26,31-14(10)13)29-9-18(19)5-12(23)16(30-18)21-6-11(7-22)15(24)20-17(21)25/h2-4,6,12,16,22-23H,5,7-9H2,1H3,(H,20,24,25)/t12-,16-,18+,32?/m1/s1. The molecule has 12 nitrogen and oxygen atoms in total. The average molecular weight is 474 g/mol. The van der Waals surface area contributed by atoms with Gasteiger partial charge in [-0.1, -0.05) is 12.1 Å². The number of methoxy groups -OCH3 is 1. The number of phosphoric acid groups is 1. The molecule has 0 amide bonds. The molecule has 2 aliphatic heterocycles. The molecule has 4 atom stereocenters. The maximum Gasteiger partial charge on any atom is 0.530 e. The van der Waals surface area contributed by atoms with Crippen LogP contribution in [0, 0.1) is 0 Å². The number of alkyl halides is 1. The number of aromatic amines is 1. The van der Waals surface area contributed by atoms with Crippen LogP contribution in [-0.2, 0) is 31.6 Å². The third-order valence-corrected chi connectivity index (χ3v) is 6.26. The number of nitrogens with one attached hydrogen (secondary N) is 1. The average Bonchev–Trinajstić information content (AvgIpc) is 3.06. The Morgan fingerprint density at radius 1 is 1.41 bits per heavy atom. The van der Waals surface area contributed by atoms with E-state index in [9.17, 15) is 24.4 Å². The second-order valence-corrected chi connectivity index (χ2v) is 8.77. The summed E-state index contributed by atoms with van der Waals surface area (Å²) in [4.78, 5) is 25.6. The second kappa shape index (κ2) is 8.43. The van der Waals surface area contributed by atoms with Gasteiger partial charge >= 0.3 is 13.5 Å². The van der Waals surface area contributed by atoms with Crippen molar-refractivity contribution in [1.82, 2.24) is 9.55 Å². The maximum atomic E-state index is 15.3. The first-order valence-electron chi connectivity index (χ1n) is 9.41. The normalized spacial score (nSPS) is 29.4. The molecule has 0 radical (unpaired) electrons. The highest BCUT2D eigenvalue weighted by molar-refractivity contribution is 7.49. The molecule has 1 aromatic carbocycles. The summed E-state index contributed by atoms with van der Waals surface area (Å²) in [7, 11) is -2.86. The summed E-state index contributed by atoms with van der Waals surface area (Å²) in [5, 5.41) is 19.5. The quantitative estimate of drug-likeness (QED) is 0.509. The number of aliphatic hydroxyl groups is 2. The van der Waals surface area contributed by atoms with E-state index in [1.165, 1.54) is 7.11 Å². The molecule has 1 unspecified atom stereocenters. The number of aliphatic hydroxyl groups excluding tert-OH is 2. The Kier molecular flexibility index (Phi) is 5.96. The molecule has 1 saturated heterocycles. The van der Waals surface area contributed by atoms with Gasteiger partial charge in [-0.05, 0) is 6.07 Å². The van der Waals surface area contributed by atoms with E-state index in [1.807, 2.05) is 4.98 Å². The molecule has 14 heteroatoms. The van der Waals surface area contributed by atoms with Crippen molar-refractivity contribution in [3.8, 4) is 11.5 Å². The Morgan fingerprint density at radius 2 is 2.19 bits per heavy atom. The summed E-state index contributed by atoms with van der Waals surface area (Å²) in [6, 6.07) is 4.93. The molecule has 4 rings (SSSR count). The summed E-state index contributed by atoms with van der Waals surface area (Å²) >= 11 is 0. The maximum absolute atomic E-state index is 15.3. The largest absolute Gasteiger partial charge is 0.530 e. The first kappa shape index (κ1) is 22.6. The van der Waals surface area contributed by atoms with Gasteiger partial charge in [0.1, 0.15) is 12.7 Å². The number of phosphoric ester groups is 1. The number of ether oxygens (including phenoxy) is 2. The minimum atomic E-state index is -4.25. The third kappa shape index (κ3) is 4.22. The number of aromatic nitrogens is 2. The molecule has 3 N–H and O–H groups in total. The Morgan fingerprint density at radius 3 is 2.91 bits per heavy atom. The van der Waals surface area contributed by atoms with Gasteiger partial charge in [0.15, 0.2) is 17.7 Å². The summed E-state index contributed by atoms with van der Waals surface area (Å²) in [5.41, 5.74) is -1.43. The molecule has 174 valence electrons. The molecule has 3 heterocycles. The van der Waals surface area contributed by atoms with E-state index in [4.69, 9.17) is 23.0 Å². The molecule has 2 aromatic rings. The number of benzene rings is 1. The van der Waals surface area contributed by atoms with Crippen LogP contribution in [-0.4, -0.2) is 45.4 Å². The number of nitrogens with zero attached hydrogens (tertiary/aromatic N) is 1. The molecule has 1 aromatic heterocycles. The van der Waals surface area contributed by atoms with Gasteiger partial charge in [0.2, 0.25) is 5.85 Å². The van der Waals surface area contributed by atoms with E-state index < -0.39 is 56.9 Å². The molecule has 32 heavy (non-hydrogen) atoms. The van der Waals surface area contributed by atoms with E-state index >= 15 is 4.39 Å². The van der Waals surface area contributed by atoms with E-state index in [2.05, 4.69) is 0 Å². The van der Waals surface area contributed by atoms with Gasteiger partial charge in [-0.15, -0.1) is 0 Å². The number of hydrogen-bond donors (Lipinski definition) is 3. The van der Waals surface area contributed by atoms with Gasteiger partial charge in [0.05, 0.1) is 25.9 Å². The van der Waals surface area contributed by atoms with Crippen LogP contribution in [0.4, 0.5) is 4.39 Å². The summed E-state index contributed by atoms with van der Waals surface area (Å²) in [6.45, 7) is -1.77. The number of hydrogen-bond acceptors (Lipinski definition) is 10. The highest BCUT2D eigenvalue weighted by Crippen LogP contribution is 2.57. The first-order valence-corrected chi connectivity index (χ1v) is 10.9. The van der Waals surface area contributed by atoms with Crippen molar-refractivity contribution < 1.29 is 42.2 Å². The fourth-order valence-electron chi connectivity index (χ4n) is 3.39. The van der Waals surface area contributed by atoms with Gasteiger partial charge in [0.25, 0.3) is 5.56 Å². The van der Waals surface area contributed by atoms with Crippen LogP contribution in [0.2, 0.25) is 0 Å². The zero-order valence-corrected chi connectivity index (χ0v) is 17.6. The number of fused-ring (bicyclic) bond motifs is 1. The summed E-state index contributed by atoms with van der Waals surface area (Å²) < 4.78 is 54.7. The molecule has 2 aliphatic rings. The van der Waals surface area contributed by atoms with Gasteiger partial charge < -0.3 is 24.2 Å². The monoisotopic (exact) mass is 474 g/mol. The van der Waals surface area contributed by atoms with E-state index in [0.29, 0.717) is 5.56 Å². The van der Waals surface area contributed by atoms with Crippen LogP contribution < -0.4 is 20.5 Å². The Balaban J connectivity index is 1.50. The highest BCUT2D eigenvalue weighted by atomic mass is 31.2. The van der Waals surface area contributed by atoms with Crippen LogP contribution in [0.1, 0.15) is 23.8 Å².